The Morgan fingerprint density at radius 1 is 1.09 bits per heavy atom. The molecule has 0 saturated heterocycles. The Kier molecular flexibility index (Phi) is 6.23. The van der Waals surface area contributed by atoms with E-state index < -0.39 is 5.92 Å². The molecule has 0 bridgehead atoms. The minimum absolute atomic E-state index is 0.0951. The monoisotopic (exact) mass is 492 g/mol. The molecule has 174 valence electrons. The third-order valence-electron chi connectivity index (χ3n) is 6.30. The van der Waals surface area contributed by atoms with Crippen LogP contribution in [0.25, 0.3) is 0 Å². The van der Waals surface area contributed by atoms with Crippen LogP contribution in [0, 0.1) is 0 Å². The number of anilines is 2. The SMILES string of the molecule is CN(C)c1ccc([C@@H]2C3=C(CCCC3=O)Nc3nc(SCc4ccccc4Cl)[nH]c(=O)c32)cc1. The molecule has 2 N–H and O–H groups in total. The lowest BCUT2D eigenvalue weighted by molar-refractivity contribution is -0.116. The van der Waals surface area contributed by atoms with E-state index in [1.807, 2.05) is 67.5 Å². The predicted octanol–water partition coefficient (Wildman–Crippen LogP) is 5.35. The van der Waals surface area contributed by atoms with Crippen LogP contribution >= 0.6 is 23.4 Å². The maximum atomic E-state index is 13.4. The van der Waals surface area contributed by atoms with Gasteiger partial charge in [0.25, 0.3) is 5.56 Å². The molecule has 34 heavy (non-hydrogen) atoms. The molecule has 0 radical (unpaired) electrons. The van der Waals surface area contributed by atoms with Crippen molar-refractivity contribution in [3.8, 4) is 0 Å². The Morgan fingerprint density at radius 2 is 1.85 bits per heavy atom. The minimum Gasteiger partial charge on any atom is -0.378 e. The smallest absolute Gasteiger partial charge is 0.257 e. The summed E-state index contributed by atoms with van der Waals surface area (Å²) in [4.78, 5) is 36.1. The average Bonchev–Trinajstić information content (AvgIpc) is 2.82. The lowest BCUT2D eigenvalue weighted by atomic mass is 9.76. The van der Waals surface area contributed by atoms with Gasteiger partial charge < -0.3 is 15.2 Å². The van der Waals surface area contributed by atoms with Crippen LogP contribution in [-0.4, -0.2) is 29.8 Å². The Hall–Kier alpha value is -3.03. The van der Waals surface area contributed by atoms with Crippen LogP contribution in [0.1, 0.15) is 41.9 Å². The summed E-state index contributed by atoms with van der Waals surface area (Å²) in [6.45, 7) is 0. The van der Waals surface area contributed by atoms with E-state index in [0.29, 0.717) is 39.3 Å². The number of nitrogens with zero attached hydrogens (tertiary/aromatic N) is 2. The molecule has 0 unspecified atom stereocenters. The zero-order valence-electron chi connectivity index (χ0n) is 19.0. The molecule has 1 atom stereocenters. The fraction of sp³-hybridized carbons (Fsp3) is 0.269. The number of allylic oxidation sites excluding steroid dienone is 2. The Morgan fingerprint density at radius 3 is 2.59 bits per heavy atom. The highest BCUT2D eigenvalue weighted by Crippen LogP contribution is 2.43. The highest BCUT2D eigenvalue weighted by atomic mass is 35.5. The second-order valence-electron chi connectivity index (χ2n) is 8.73. The van der Waals surface area contributed by atoms with Crippen LogP contribution in [-0.2, 0) is 10.5 Å². The van der Waals surface area contributed by atoms with Gasteiger partial charge in [0.2, 0.25) is 0 Å². The number of carbonyl (C=O) groups is 1. The molecule has 3 aromatic rings. The molecule has 2 aromatic carbocycles. The highest BCUT2D eigenvalue weighted by Gasteiger charge is 2.37. The second-order valence-corrected chi connectivity index (χ2v) is 10.1. The molecule has 6 nitrogen and oxygen atoms in total. The first-order valence-electron chi connectivity index (χ1n) is 11.2. The highest BCUT2D eigenvalue weighted by molar-refractivity contribution is 7.98. The number of fused-ring (bicyclic) bond motifs is 1. The molecule has 2 aliphatic rings. The minimum atomic E-state index is -0.436. The van der Waals surface area contributed by atoms with E-state index in [1.54, 1.807) is 0 Å². The van der Waals surface area contributed by atoms with Crippen LogP contribution in [0.4, 0.5) is 11.5 Å². The van der Waals surface area contributed by atoms with E-state index in [0.717, 1.165) is 35.4 Å². The number of hydrogen-bond acceptors (Lipinski definition) is 6. The summed E-state index contributed by atoms with van der Waals surface area (Å²) in [5.41, 5.74) is 4.79. The molecule has 0 spiro atoms. The summed E-state index contributed by atoms with van der Waals surface area (Å²) in [7, 11) is 3.97. The van der Waals surface area contributed by atoms with Crippen LogP contribution in [0.15, 0.2) is 69.8 Å². The second kappa shape index (κ2) is 9.31. The van der Waals surface area contributed by atoms with Crippen LogP contribution in [0.5, 0.6) is 0 Å². The third-order valence-corrected chi connectivity index (χ3v) is 7.59. The van der Waals surface area contributed by atoms with Gasteiger partial charge in [-0.1, -0.05) is 53.7 Å². The number of H-pyrrole nitrogens is 1. The number of Topliss-reactive ketones (excluding diaryl/α,β-unsaturated/α-hetero) is 1. The van der Waals surface area contributed by atoms with E-state index in [2.05, 4.69) is 10.3 Å². The predicted molar refractivity (Wildman–Crippen MR) is 138 cm³/mol. The van der Waals surface area contributed by atoms with Gasteiger partial charge in [0, 0.05) is 54.2 Å². The summed E-state index contributed by atoms with van der Waals surface area (Å²) in [6, 6.07) is 15.7. The van der Waals surface area contributed by atoms with Crippen LogP contribution in [0.2, 0.25) is 5.02 Å². The number of halogens is 1. The molecule has 2 heterocycles. The molecule has 1 aliphatic heterocycles. The number of aromatic nitrogens is 2. The Bertz CT molecular complexity index is 1350. The Balaban J connectivity index is 1.55. The summed E-state index contributed by atoms with van der Waals surface area (Å²) in [5, 5.41) is 4.53. The fourth-order valence-corrected chi connectivity index (χ4v) is 5.72. The van der Waals surface area contributed by atoms with E-state index in [1.165, 1.54) is 11.8 Å². The van der Waals surface area contributed by atoms with Crippen molar-refractivity contribution in [1.29, 1.82) is 0 Å². The molecular formula is C26H25ClN4O2S. The van der Waals surface area contributed by atoms with Crippen molar-refractivity contribution < 1.29 is 4.79 Å². The van der Waals surface area contributed by atoms with Crippen molar-refractivity contribution in [3.05, 3.63) is 91.9 Å². The van der Waals surface area contributed by atoms with Gasteiger partial charge in [-0.15, -0.1) is 0 Å². The van der Waals surface area contributed by atoms with E-state index in [4.69, 9.17) is 16.6 Å². The topological polar surface area (TPSA) is 78.1 Å². The quantitative estimate of drug-likeness (QED) is 0.369. The third kappa shape index (κ3) is 4.26. The van der Waals surface area contributed by atoms with Gasteiger partial charge in [-0.05, 0) is 42.2 Å². The first kappa shape index (κ1) is 22.7. The summed E-state index contributed by atoms with van der Waals surface area (Å²) < 4.78 is 0. The van der Waals surface area contributed by atoms with Crippen molar-refractivity contribution in [1.82, 2.24) is 9.97 Å². The van der Waals surface area contributed by atoms with Crippen LogP contribution < -0.4 is 15.8 Å². The van der Waals surface area contributed by atoms with Gasteiger partial charge in [0.05, 0.1) is 5.56 Å². The maximum Gasteiger partial charge on any atom is 0.257 e. The number of ketones is 1. The average molecular weight is 493 g/mol. The van der Waals surface area contributed by atoms with Crippen molar-refractivity contribution >= 4 is 40.7 Å². The first-order chi connectivity index (χ1) is 16.4. The summed E-state index contributed by atoms with van der Waals surface area (Å²) in [6.07, 6.45) is 2.06. The first-order valence-corrected chi connectivity index (χ1v) is 12.6. The standard InChI is InChI=1S/C26H25ClN4O2S/c1-31(2)17-12-10-15(11-13-17)21-22-19(8-5-9-20(22)32)28-24-23(21)25(33)30-26(29-24)34-14-16-6-3-4-7-18(16)27/h3-4,6-7,10-13,21H,5,8-9,14H2,1-2H3,(H2,28,29,30,33)/t21-/m1/s1. The molecular weight excluding hydrogens is 468 g/mol. The fourth-order valence-electron chi connectivity index (χ4n) is 4.57. The van der Waals surface area contributed by atoms with Gasteiger partial charge in [-0.3, -0.25) is 9.59 Å². The summed E-state index contributed by atoms with van der Waals surface area (Å²) in [5.74, 6) is 0.774. The number of carbonyl (C=O) groups excluding carboxylic acids is 1. The van der Waals surface area contributed by atoms with Crippen molar-refractivity contribution in [3.63, 3.8) is 0 Å². The Labute approximate surface area is 207 Å². The maximum absolute atomic E-state index is 13.4. The number of benzene rings is 2. The normalized spacial score (nSPS) is 17.1. The molecule has 8 heteroatoms. The molecule has 0 amide bonds. The van der Waals surface area contributed by atoms with Gasteiger partial charge >= 0.3 is 0 Å². The zero-order valence-corrected chi connectivity index (χ0v) is 20.6. The molecule has 1 aromatic heterocycles. The van der Waals surface area contributed by atoms with Gasteiger partial charge in [0.15, 0.2) is 10.9 Å². The number of aromatic amines is 1. The zero-order chi connectivity index (χ0) is 23.8. The number of hydrogen-bond donors (Lipinski definition) is 2. The lowest BCUT2D eigenvalue weighted by Gasteiger charge is -2.33. The van der Waals surface area contributed by atoms with E-state index >= 15 is 0 Å². The number of thioether (sulfide) groups is 1. The largest absolute Gasteiger partial charge is 0.378 e. The van der Waals surface area contributed by atoms with E-state index in [-0.39, 0.29) is 11.3 Å². The number of nitrogens with one attached hydrogen (secondary N) is 2. The molecule has 5 rings (SSSR count). The lowest BCUT2D eigenvalue weighted by Crippen LogP contribution is -2.32. The summed E-state index contributed by atoms with van der Waals surface area (Å²) >= 11 is 7.71. The van der Waals surface area contributed by atoms with Gasteiger partial charge in [0.1, 0.15) is 5.82 Å². The van der Waals surface area contributed by atoms with Crippen molar-refractivity contribution in [2.45, 2.75) is 36.1 Å². The molecule has 0 fully saturated rings. The van der Waals surface area contributed by atoms with Crippen LogP contribution in [0.3, 0.4) is 0 Å². The van der Waals surface area contributed by atoms with Gasteiger partial charge in [-0.25, -0.2) is 4.98 Å². The molecule has 0 saturated carbocycles. The molecule has 1 aliphatic carbocycles. The van der Waals surface area contributed by atoms with E-state index in [9.17, 15) is 9.59 Å². The van der Waals surface area contributed by atoms with Crippen molar-refractivity contribution in [2.24, 2.45) is 0 Å². The van der Waals surface area contributed by atoms with Crippen molar-refractivity contribution in [2.75, 3.05) is 24.3 Å². The van der Waals surface area contributed by atoms with Gasteiger partial charge in [-0.2, -0.15) is 0 Å². The number of rotatable bonds is 5.